The average Bonchev–Trinajstić information content (AvgIpc) is 2.60. The number of nitrogens with one attached hydrogen (secondary N) is 2. The molecule has 2 aromatic carbocycles. The van der Waals surface area contributed by atoms with E-state index in [0.29, 0.717) is 0 Å². The van der Waals surface area contributed by atoms with Crippen molar-refractivity contribution in [1.82, 2.24) is 0 Å². The van der Waals surface area contributed by atoms with Crippen LogP contribution in [0.3, 0.4) is 0 Å². The second-order valence-corrected chi connectivity index (χ2v) is 8.91. The van der Waals surface area contributed by atoms with Gasteiger partial charge in [0.25, 0.3) is 10.0 Å². The molecule has 31 heavy (non-hydrogen) atoms. The van der Waals surface area contributed by atoms with Crippen molar-refractivity contribution in [1.29, 1.82) is 0 Å². The fourth-order valence-electron chi connectivity index (χ4n) is 2.59. The number of sulfonamides is 1. The number of hydrogen-bond acceptors (Lipinski definition) is 5. The molecule has 0 aromatic heterocycles. The highest BCUT2D eigenvalue weighted by Crippen LogP contribution is 2.29. The molecule has 2 rings (SSSR count). The molecule has 0 aliphatic carbocycles. The first-order valence-corrected chi connectivity index (χ1v) is 10.8. The minimum absolute atomic E-state index is 0.124. The SMILES string of the molecule is CC(C)[C@H](CO)C(=O)Nc1ccc(S(=O)(=O)Nc2cccc(OC(F)(F)F)c2)c(Cl)c1. The van der Waals surface area contributed by atoms with E-state index in [-0.39, 0.29) is 33.8 Å². The molecule has 0 unspecified atom stereocenters. The van der Waals surface area contributed by atoms with Crippen LogP contribution in [0.15, 0.2) is 47.4 Å². The predicted octanol–water partition coefficient (Wildman–Crippen LogP) is 4.24. The maximum absolute atomic E-state index is 12.6. The van der Waals surface area contributed by atoms with Crippen LogP contribution in [0.5, 0.6) is 5.75 Å². The van der Waals surface area contributed by atoms with E-state index in [0.717, 1.165) is 18.2 Å². The number of alkyl halides is 3. The van der Waals surface area contributed by atoms with Gasteiger partial charge >= 0.3 is 6.36 Å². The second kappa shape index (κ2) is 9.75. The fourth-order valence-corrected chi connectivity index (χ4v) is 4.19. The molecule has 0 radical (unpaired) electrons. The number of aliphatic hydroxyl groups excluding tert-OH is 1. The van der Waals surface area contributed by atoms with Gasteiger partial charge in [-0.25, -0.2) is 8.42 Å². The van der Waals surface area contributed by atoms with E-state index in [1.807, 2.05) is 0 Å². The Morgan fingerprint density at radius 1 is 1.16 bits per heavy atom. The normalized spacial score (nSPS) is 13.0. The summed E-state index contributed by atoms with van der Waals surface area (Å²) in [5.41, 5.74) is 0.0477. The Bertz CT molecular complexity index is 1050. The molecular weight excluding hydrogens is 461 g/mol. The van der Waals surface area contributed by atoms with Gasteiger partial charge in [-0.2, -0.15) is 0 Å². The average molecular weight is 481 g/mol. The summed E-state index contributed by atoms with van der Waals surface area (Å²) in [7, 11) is -4.26. The first-order chi connectivity index (χ1) is 14.3. The summed E-state index contributed by atoms with van der Waals surface area (Å²) in [4.78, 5) is 11.9. The third kappa shape index (κ3) is 7.01. The zero-order valence-corrected chi connectivity index (χ0v) is 18.0. The van der Waals surface area contributed by atoms with Crippen molar-refractivity contribution in [2.45, 2.75) is 25.1 Å². The van der Waals surface area contributed by atoms with Crippen molar-refractivity contribution in [3.05, 3.63) is 47.5 Å². The number of rotatable bonds is 8. The Labute approximate surface area is 182 Å². The van der Waals surface area contributed by atoms with Gasteiger partial charge in [0.1, 0.15) is 10.6 Å². The van der Waals surface area contributed by atoms with Gasteiger partial charge in [-0.05, 0) is 36.2 Å². The zero-order valence-electron chi connectivity index (χ0n) is 16.4. The van der Waals surface area contributed by atoms with Gasteiger partial charge in [0, 0.05) is 11.8 Å². The van der Waals surface area contributed by atoms with Crippen LogP contribution in [0.1, 0.15) is 13.8 Å². The van der Waals surface area contributed by atoms with Gasteiger partial charge < -0.3 is 15.2 Å². The third-order valence-electron chi connectivity index (χ3n) is 4.15. The fraction of sp³-hybridized carbons (Fsp3) is 0.316. The molecule has 170 valence electrons. The quantitative estimate of drug-likeness (QED) is 0.524. The lowest BCUT2D eigenvalue weighted by atomic mass is 9.96. The van der Waals surface area contributed by atoms with Gasteiger partial charge in [-0.15, -0.1) is 13.2 Å². The van der Waals surface area contributed by atoms with Gasteiger partial charge in [-0.1, -0.05) is 31.5 Å². The van der Waals surface area contributed by atoms with E-state index in [1.165, 1.54) is 24.3 Å². The highest BCUT2D eigenvalue weighted by atomic mass is 35.5. The molecule has 1 atom stereocenters. The Morgan fingerprint density at radius 3 is 2.39 bits per heavy atom. The third-order valence-corrected chi connectivity index (χ3v) is 6.01. The number of benzene rings is 2. The monoisotopic (exact) mass is 480 g/mol. The molecular formula is C19H20ClF3N2O5S. The number of carbonyl (C=O) groups is 1. The molecule has 2 aromatic rings. The first kappa shape index (κ1) is 24.8. The Kier molecular flexibility index (Phi) is 7.79. The number of ether oxygens (including phenoxy) is 1. The van der Waals surface area contributed by atoms with Crippen molar-refractivity contribution < 1.29 is 36.2 Å². The molecule has 0 heterocycles. The van der Waals surface area contributed by atoms with E-state index in [4.69, 9.17) is 11.6 Å². The highest BCUT2D eigenvalue weighted by Gasteiger charge is 2.31. The summed E-state index contributed by atoms with van der Waals surface area (Å²) >= 11 is 6.06. The second-order valence-electron chi connectivity index (χ2n) is 6.85. The van der Waals surface area contributed by atoms with Crippen molar-refractivity contribution in [2.24, 2.45) is 11.8 Å². The molecule has 0 spiro atoms. The van der Waals surface area contributed by atoms with Crippen molar-refractivity contribution in [3.8, 4) is 5.75 Å². The summed E-state index contributed by atoms with van der Waals surface area (Å²) in [6.45, 7) is 3.18. The molecule has 1 amide bonds. The highest BCUT2D eigenvalue weighted by molar-refractivity contribution is 7.92. The van der Waals surface area contributed by atoms with Crippen LogP contribution >= 0.6 is 11.6 Å². The Balaban J connectivity index is 2.21. The van der Waals surface area contributed by atoms with Crippen molar-refractivity contribution in [3.63, 3.8) is 0 Å². The predicted molar refractivity (Wildman–Crippen MR) is 109 cm³/mol. The zero-order chi connectivity index (χ0) is 23.4. The lowest BCUT2D eigenvalue weighted by Crippen LogP contribution is -2.29. The molecule has 0 aliphatic rings. The van der Waals surface area contributed by atoms with Gasteiger partial charge in [0.05, 0.1) is 23.2 Å². The standard InChI is InChI=1S/C19H20ClF3N2O5S/c1-11(2)15(10-26)18(27)24-12-6-7-17(16(20)9-12)31(28,29)25-13-4-3-5-14(8-13)30-19(21,22)23/h3-9,11,15,25-26H,10H2,1-2H3,(H,24,27)/t15-/m0/s1. The van der Waals surface area contributed by atoms with Crippen LogP contribution in [0.2, 0.25) is 5.02 Å². The minimum Gasteiger partial charge on any atom is -0.406 e. The van der Waals surface area contributed by atoms with E-state index < -0.39 is 34.0 Å². The molecule has 12 heteroatoms. The molecule has 0 saturated carbocycles. The summed E-state index contributed by atoms with van der Waals surface area (Å²) in [6, 6.07) is 7.97. The lowest BCUT2D eigenvalue weighted by molar-refractivity contribution is -0.274. The van der Waals surface area contributed by atoms with Gasteiger partial charge in [0.2, 0.25) is 5.91 Å². The van der Waals surface area contributed by atoms with Crippen LogP contribution in [-0.2, 0) is 14.8 Å². The van der Waals surface area contributed by atoms with Gasteiger partial charge in [-0.3, -0.25) is 9.52 Å². The topological polar surface area (TPSA) is 105 Å². The molecule has 3 N–H and O–H groups in total. The smallest absolute Gasteiger partial charge is 0.406 e. The van der Waals surface area contributed by atoms with Crippen molar-refractivity contribution >= 4 is 38.9 Å². The number of amides is 1. The largest absolute Gasteiger partial charge is 0.573 e. The maximum atomic E-state index is 12.6. The van der Waals surface area contributed by atoms with Crippen LogP contribution < -0.4 is 14.8 Å². The van der Waals surface area contributed by atoms with E-state index >= 15 is 0 Å². The summed E-state index contributed by atoms with van der Waals surface area (Å²) in [6.07, 6.45) is -4.92. The number of halogens is 4. The molecule has 0 aliphatic heterocycles. The van der Waals surface area contributed by atoms with E-state index in [9.17, 15) is 31.5 Å². The van der Waals surface area contributed by atoms with Crippen LogP contribution in [0.25, 0.3) is 0 Å². The van der Waals surface area contributed by atoms with Crippen molar-refractivity contribution in [2.75, 3.05) is 16.6 Å². The summed E-state index contributed by atoms with van der Waals surface area (Å²) in [5.74, 6) is -1.83. The number of carbonyl (C=O) groups excluding carboxylic acids is 1. The summed E-state index contributed by atoms with van der Waals surface area (Å²) < 4.78 is 68.2. The molecule has 0 bridgehead atoms. The maximum Gasteiger partial charge on any atom is 0.573 e. The first-order valence-electron chi connectivity index (χ1n) is 8.92. The van der Waals surface area contributed by atoms with Gasteiger partial charge in [0.15, 0.2) is 0 Å². The van der Waals surface area contributed by atoms with Crippen LogP contribution in [-0.4, -0.2) is 32.4 Å². The van der Waals surface area contributed by atoms with Crippen LogP contribution in [0.4, 0.5) is 24.5 Å². The lowest BCUT2D eigenvalue weighted by Gasteiger charge is -2.18. The Hall–Kier alpha value is -2.50. The minimum atomic E-state index is -4.92. The number of aliphatic hydroxyl groups is 1. The summed E-state index contributed by atoms with van der Waals surface area (Å²) in [5, 5.41) is 11.7. The molecule has 0 fully saturated rings. The number of anilines is 2. The van der Waals surface area contributed by atoms with E-state index in [2.05, 4.69) is 14.8 Å². The van der Waals surface area contributed by atoms with E-state index in [1.54, 1.807) is 13.8 Å². The number of hydrogen-bond donors (Lipinski definition) is 3. The van der Waals surface area contributed by atoms with Crippen LogP contribution in [0, 0.1) is 11.8 Å². The Morgan fingerprint density at radius 2 is 1.84 bits per heavy atom. The molecule has 0 saturated heterocycles. The molecule has 7 nitrogen and oxygen atoms in total.